The van der Waals surface area contributed by atoms with Crippen LogP contribution in [0.5, 0.6) is 0 Å². The number of halogens is 1. The first-order valence-corrected chi connectivity index (χ1v) is 4.26. The number of hydrogen-bond acceptors (Lipinski definition) is 2. The summed E-state index contributed by atoms with van der Waals surface area (Å²) >= 11 is 0. The number of rotatable bonds is 3. The van der Waals surface area contributed by atoms with E-state index >= 15 is 0 Å². The lowest BCUT2D eigenvalue weighted by atomic mass is 9.95. The lowest BCUT2D eigenvalue weighted by molar-refractivity contribution is -0.141. The van der Waals surface area contributed by atoms with E-state index in [0.717, 1.165) is 0 Å². The SMILES string of the molecule is CC(C(=O)O)C(N)c1cccc(F)c1. The molecule has 4 heteroatoms. The third-order valence-electron chi connectivity index (χ3n) is 2.16. The topological polar surface area (TPSA) is 63.3 Å². The highest BCUT2D eigenvalue weighted by Crippen LogP contribution is 2.19. The maximum atomic E-state index is 12.8. The molecular formula is C10H12FNO2. The molecule has 0 spiro atoms. The van der Waals surface area contributed by atoms with E-state index in [1.165, 1.54) is 25.1 Å². The van der Waals surface area contributed by atoms with Crippen molar-refractivity contribution in [1.29, 1.82) is 0 Å². The molecule has 2 unspecified atom stereocenters. The average molecular weight is 197 g/mol. The Morgan fingerprint density at radius 2 is 2.21 bits per heavy atom. The first kappa shape index (κ1) is 10.7. The average Bonchev–Trinajstić information content (AvgIpc) is 2.15. The van der Waals surface area contributed by atoms with Gasteiger partial charge in [0.2, 0.25) is 0 Å². The molecule has 0 fully saturated rings. The fourth-order valence-corrected chi connectivity index (χ4v) is 1.16. The number of carbonyl (C=O) groups is 1. The van der Waals surface area contributed by atoms with Gasteiger partial charge in [0.15, 0.2) is 0 Å². The summed E-state index contributed by atoms with van der Waals surface area (Å²) in [4.78, 5) is 10.6. The van der Waals surface area contributed by atoms with Gasteiger partial charge in [-0.2, -0.15) is 0 Å². The Kier molecular flexibility index (Phi) is 3.19. The zero-order chi connectivity index (χ0) is 10.7. The minimum atomic E-state index is -0.984. The summed E-state index contributed by atoms with van der Waals surface area (Å²) in [7, 11) is 0. The zero-order valence-corrected chi connectivity index (χ0v) is 7.77. The Labute approximate surface area is 81.4 Å². The maximum absolute atomic E-state index is 12.8. The van der Waals surface area contributed by atoms with Gasteiger partial charge in [-0.05, 0) is 17.7 Å². The normalized spacial score (nSPS) is 14.8. The van der Waals surface area contributed by atoms with Gasteiger partial charge in [-0.25, -0.2) is 4.39 Å². The number of benzene rings is 1. The van der Waals surface area contributed by atoms with Crippen LogP contribution in [0.2, 0.25) is 0 Å². The second-order valence-electron chi connectivity index (χ2n) is 3.21. The summed E-state index contributed by atoms with van der Waals surface area (Å²) < 4.78 is 12.8. The van der Waals surface area contributed by atoms with Gasteiger partial charge in [-0.1, -0.05) is 19.1 Å². The van der Waals surface area contributed by atoms with Gasteiger partial charge in [-0.3, -0.25) is 4.79 Å². The molecule has 0 aliphatic heterocycles. The zero-order valence-electron chi connectivity index (χ0n) is 7.77. The highest BCUT2D eigenvalue weighted by molar-refractivity contribution is 5.70. The van der Waals surface area contributed by atoms with Gasteiger partial charge in [0, 0.05) is 6.04 Å². The fraction of sp³-hybridized carbons (Fsp3) is 0.300. The van der Waals surface area contributed by atoms with Crippen LogP contribution in [0.15, 0.2) is 24.3 Å². The van der Waals surface area contributed by atoms with Crippen molar-refractivity contribution in [2.45, 2.75) is 13.0 Å². The first-order valence-electron chi connectivity index (χ1n) is 4.26. The Bertz CT molecular complexity index is 341. The van der Waals surface area contributed by atoms with E-state index < -0.39 is 23.7 Å². The van der Waals surface area contributed by atoms with Gasteiger partial charge >= 0.3 is 5.97 Å². The summed E-state index contributed by atoms with van der Waals surface area (Å²) in [5.74, 6) is -2.12. The molecule has 2 atom stereocenters. The molecular weight excluding hydrogens is 185 g/mol. The molecule has 0 saturated carbocycles. The summed E-state index contributed by atoms with van der Waals surface area (Å²) in [6.07, 6.45) is 0. The number of hydrogen-bond donors (Lipinski definition) is 2. The number of carboxylic acids is 1. The molecule has 0 aromatic heterocycles. The van der Waals surface area contributed by atoms with Crippen molar-refractivity contribution in [2.24, 2.45) is 11.7 Å². The molecule has 0 aliphatic carbocycles. The minimum absolute atomic E-state index is 0.407. The Morgan fingerprint density at radius 1 is 1.57 bits per heavy atom. The second-order valence-corrected chi connectivity index (χ2v) is 3.21. The van der Waals surface area contributed by atoms with Crippen molar-refractivity contribution in [1.82, 2.24) is 0 Å². The summed E-state index contributed by atoms with van der Waals surface area (Å²) in [6, 6.07) is 5.00. The Balaban J connectivity index is 2.89. The van der Waals surface area contributed by atoms with E-state index in [4.69, 9.17) is 10.8 Å². The van der Waals surface area contributed by atoms with Crippen LogP contribution in [0.25, 0.3) is 0 Å². The van der Waals surface area contributed by atoms with Crippen LogP contribution in [-0.4, -0.2) is 11.1 Å². The van der Waals surface area contributed by atoms with E-state index in [1.807, 2.05) is 0 Å². The number of carboxylic acid groups (broad SMARTS) is 1. The fourth-order valence-electron chi connectivity index (χ4n) is 1.16. The number of nitrogens with two attached hydrogens (primary N) is 1. The number of aliphatic carboxylic acids is 1. The maximum Gasteiger partial charge on any atom is 0.308 e. The Hall–Kier alpha value is -1.42. The third-order valence-corrected chi connectivity index (χ3v) is 2.16. The van der Waals surface area contributed by atoms with E-state index in [0.29, 0.717) is 5.56 Å². The van der Waals surface area contributed by atoms with E-state index in [9.17, 15) is 9.18 Å². The van der Waals surface area contributed by atoms with Gasteiger partial charge < -0.3 is 10.8 Å². The van der Waals surface area contributed by atoms with Crippen LogP contribution < -0.4 is 5.73 Å². The summed E-state index contributed by atoms with van der Waals surface area (Å²) in [6.45, 7) is 1.50. The van der Waals surface area contributed by atoms with Crippen molar-refractivity contribution in [3.63, 3.8) is 0 Å². The molecule has 0 bridgehead atoms. The van der Waals surface area contributed by atoms with E-state index in [1.54, 1.807) is 6.07 Å². The van der Waals surface area contributed by atoms with Gasteiger partial charge in [0.1, 0.15) is 5.82 Å². The summed E-state index contributed by atoms with van der Waals surface area (Å²) in [5, 5.41) is 8.71. The molecule has 0 heterocycles. The van der Waals surface area contributed by atoms with Crippen LogP contribution in [-0.2, 0) is 4.79 Å². The van der Waals surface area contributed by atoms with Crippen LogP contribution in [0.1, 0.15) is 18.5 Å². The monoisotopic (exact) mass is 197 g/mol. The highest BCUT2D eigenvalue weighted by Gasteiger charge is 2.21. The van der Waals surface area contributed by atoms with Crippen LogP contribution >= 0.6 is 0 Å². The van der Waals surface area contributed by atoms with Crippen LogP contribution in [0.3, 0.4) is 0 Å². The van der Waals surface area contributed by atoms with Crippen molar-refractivity contribution in [3.8, 4) is 0 Å². The van der Waals surface area contributed by atoms with Gasteiger partial charge in [-0.15, -0.1) is 0 Å². The predicted octanol–water partition coefficient (Wildman–Crippen LogP) is 1.55. The standard InChI is InChI=1S/C10H12FNO2/c1-6(10(13)14)9(12)7-3-2-4-8(11)5-7/h2-6,9H,12H2,1H3,(H,13,14). The smallest absolute Gasteiger partial charge is 0.308 e. The lowest BCUT2D eigenvalue weighted by Gasteiger charge is -2.16. The first-order chi connectivity index (χ1) is 6.52. The molecule has 0 radical (unpaired) electrons. The van der Waals surface area contributed by atoms with Crippen LogP contribution in [0, 0.1) is 11.7 Å². The largest absolute Gasteiger partial charge is 0.481 e. The molecule has 0 aliphatic rings. The van der Waals surface area contributed by atoms with Crippen molar-refractivity contribution >= 4 is 5.97 Å². The molecule has 3 nitrogen and oxygen atoms in total. The quantitative estimate of drug-likeness (QED) is 0.772. The van der Waals surface area contributed by atoms with Crippen molar-refractivity contribution in [3.05, 3.63) is 35.6 Å². The molecule has 3 N–H and O–H groups in total. The third kappa shape index (κ3) is 2.29. The summed E-state index contributed by atoms with van der Waals surface area (Å²) in [5.41, 5.74) is 6.16. The Morgan fingerprint density at radius 3 is 2.71 bits per heavy atom. The van der Waals surface area contributed by atoms with Crippen molar-refractivity contribution in [2.75, 3.05) is 0 Å². The van der Waals surface area contributed by atoms with E-state index in [-0.39, 0.29) is 0 Å². The lowest BCUT2D eigenvalue weighted by Crippen LogP contribution is -2.25. The second kappa shape index (κ2) is 4.19. The van der Waals surface area contributed by atoms with Gasteiger partial charge in [0.25, 0.3) is 0 Å². The molecule has 0 amide bonds. The van der Waals surface area contributed by atoms with Crippen molar-refractivity contribution < 1.29 is 14.3 Å². The highest BCUT2D eigenvalue weighted by atomic mass is 19.1. The minimum Gasteiger partial charge on any atom is -0.481 e. The molecule has 1 aromatic rings. The predicted molar refractivity (Wildman–Crippen MR) is 50.1 cm³/mol. The van der Waals surface area contributed by atoms with Crippen LogP contribution in [0.4, 0.5) is 4.39 Å². The molecule has 1 aromatic carbocycles. The van der Waals surface area contributed by atoms with Gasteiger partial charge in [0.05, 0.1) is 5.92 Å². The molecule has 14 heavy (non-hydrogen) atoms. The molecule has 1 rings (SSSR count). The molecule has 76 valence electrons. The molecule has 0 saturated heterocycles. The van der Waals surface area contributed by atoms with E-state index in [2.05, 4.69) is 0 Å².